The minimum Gasteiger partial charge on any atom is -0.465 e. The lowest BCUT2D eigenvalue weighted by Gasteiger charge is -2.10. The fourth-order valence-electron chi connectivity index (χ4n) is 2.83. The number of methoxy groups -OCH3 is 2. The second kappa shape index (κ2) is 8.31. The number of nitrogens with zero attached hydrogens (tertiary/aromatic N) is 2. The molecule has 156 valence electrons. The lowest BCUT2D eigenvalue weighted by atomic mass is 10.0. The topological polar surface area (TPSA) is 70.4 Å². The molecule has 1 aromatic heterocycles. The number of benzene rings is 2. The summed E-state index contributed by atoms with van der Waals surface area (Å²) < 4.78 is 49.9. The molecule has 0 radical (unpaired) electrons. The van der Waals surface area contributed by atoms with Crippen LogP contribution in [0.5, 0.6) is 0 Å². The third-order valence-electron chi connectivity index (χ3n) is 4.21. The Hall–Kier alpha value is -3.14. The number of rotatable bonds is 4. The summed E-state index contributed by atoms with van der Waals surface area (Å²) in [5.74, 6) is -1.75. The van der Waals surface area contributed by atoms with Crippen molar-refractivity contribution in [3.8, 4) is 16.9 Å². The molecule has 0 N–H and O–H groups in total. The summed E-state index contributed by atoms with van der Waals surface area (Å²) in [4.78, 5) is 25.1. The van der Waals surface area contributed by atoms with Gasteiger partial charge in [-0.2, -0.15) is 18.3 Å². The molecule has 0 amide bonds. The highest BCUT2D eigenvalue weighted by Crippen LogP contribution is 2.38. The fourth-order valence-corrected chi connectivity index (χ4v) is 3.39. The quantitative estimate of drug-likeness (QED) is 0.495. The van der Waals surface area contributed by atoms with Gasteiger partial charge in [0.15, 0.2) is 5.69 Å². The van der Waals surface area contributed by atoms with E-state index in [1.807, 2.05) is 0 Å². The fraction of sp³-hybridized carbons (Fsp3) is 0.150. The average Bonchev–Trinajstić information content (AvgIpc) is 3.12. The molecular formula is C20H14BrF3N2O4. The number of hydrogen-bond acceptors (Lipinski definition) is 5. The molecule has 0 atom stereocenters. The van der Waals surface area contributed by atoms with Crippen molar-refractivity contribution in [2.24, 2.45) is 0 Å². The van der Waals surface area contributed by atoms with Crippen molar-refractivity contribution in [1.29, 1.82) is 0 Å². The summed E-state index contributed by atoms with van der Waals surface area (Å²) in [7, 11) is 2.26. The first kappa shape index (κ1) is 21.6. The van der Waals surface area contributed by atoms with E-state index in [-0.39, 0.29) is 27.0 Å². The first-order valence-electron chi connectivity index (χ1n) is 8.41. The van der Waals surface area contributed by atoms with Crippen LogP contribution in [0, 0.1) is 0 Å². The zero-order chi connectivity index (χ0) is 22.1. The summed E-state index contributed by atoms with van der Waals surface area (Å²) in [5.41, 5.74) is -0.744. The van der Waals surface area contributed by atoms with Crippen molar-refractivity contribution in [2.75, 3.05) is 14.2 Å². The third-order valence-corrected chi connectivity index (χ3v) is 4.86. The number of aromatic nitrogens is 2. The second-order valence-corrected chi connectivity index (χ2v) is 6.85. The first-order chi connectivity index (χ1) is 14.2. The Morgan fingerprint density at radius 1 is 1.00 bits per heavy atom. The van der Waals surface area contributed by atoms with Gasteiger partial charge in [-0.15, -0.1) is 0 Å². The number of hydrogen-bond donors (Lipinski definition) is 0. The van der Waals surface area contributed by atoms with E-state index < -0.39 is 23.7 Å². The van der Waals surface area contributed by atoms with Crippen molar-refractivity contribution in [3.05, 3.63) is 69.8 Å². The second-order valence-electron chi connectivity index (χ2n) is 6.00. The summed E-state index contributed by atoms with van der Waals surface area (Å²) in [6, 6.07) is 11.3. The molecule has 3 rings (SSSR count). The molecule has 1 heterocycles. The molecular weight excluding hydrogens is 469 g/mol. The summed E-state index contributed by atoms with van der Waals surface area (Å²) in [6.07, 6.45) is -4.55. The zero-order valence-electron chi connectivity index (χ0n) is 15.7. The van der Waals surface area contributed by atoms with Gasteiger partial charge in [0, 0.05) is 10.0 Å². The van der Waals surface area contributed by atoms with Gasteiger partial charge in [-0.1, -0.05) is 40.2 Å². The number of halogens is 4. The van der Waals surface area contributed by atoms with Crippen molar-refractivity contribution >= 4 is 27.9 Å². The average molecular weight is 483 g/mol. The molecule has 3 aromatic rings. The van der Waals surface area contributed by atoms with Crippen LogP contribution in [0.15, 0.2) is 53.0 Å². The van der Waals surface area contributed by atoms with Gasteiger partial charge in [0.2, 0.25) is 0 Å². The molecule has 0 bridgehead atoms. The smallest absolute Gasteiger partial charge is 0.416 e. The van der Waals surface area contributed by atoms with Crippen molar-refractivity contribution in [3.63, 3.8) is 0 Å². The van der Waals surface area contributed by atoms with E-state index in [4.69, 9.17) is 9.47 Å². The Kier molecular flexibility index (Phi) is 5.97. The van der Waals surface area contributed by atoms with Crippen LogP contribution in [0.1, 0.15) is 26.4 Å². The minimum absolute atomic E-state index is 0.0355. The van der Waals surface area contributed by atoms with Crippen LogP contribution < -0.4 is 0 Å². The Labute approximate surface area is 177 Å². The maximum absolute atomic E-state index is 13.0. The van der Waals surface area contributed by atoms with Gasteiger partial charge in [0.05, 0.1) is 25.5 Å². The highest BCUT2D eigenvalue weighted by molar-refractivity contribution is 9.10. The zero-order valence-corrected chi connectivity index (χ0v) is 17.2. The Bertz CT molecular complexity index is 1110. The van der Waals surface area contributed by atoms with E-state index in [1.165, 1.54) is 4.68 Å². The minimum atomic E-state index is -4.55. The van der Waals surface area contributed by atoms with E-state index in [0.717, 1.165) is 32.4 Å². The number of carbonyl (C=O) groups is 2. The molecule has 10 heteroatoms. The lowest BCUT2D eigenvalue weighted by Crippen LogP contribution is -2.15. The number of alkyl halides is 3. The number of carbonyl (C=O) groups excluding carboxylic acids is 2. The van der Waals surface area contributed by atoms with Gasteiger partial charge in [-0.25, -0.2) is 14.3 Å². The largest absolute Gasteiger partial charge is 0.465 e. The van der Waals surface area contributed by atoms with Crippen molar-refractivity contribution < 1.29 is 32.2 Å². The lowest BCUT2D eigenvalue weighted by molar-refractivity contribution is -0.137. The molecule has 0 saturated heterocycles. The maximum Gasteiger partial charge on any atom is 0.416 e. The first-order valence-corrected chi connectivity index (χ1v) is 9.20. The van der Waals surface area contributed by atoms with Crippen LogP contribution in [0.4, 0.5) is 13.2 Å². The monoisotopic (exact) mass is 482 g/mol. The third kappa shape index (κ3) is 3.95. The van der Waals surface area contributed by atoms with Gasteiger partial charge in [-0.3, -0.25) is 0 Å². The van der Waals surface area contributed by atoms with Crippen LogP contribution >= 0.6 is 15.9 Å². The number of para-hydroxylation sites is 1. The highest BCUT2D eigenvalue weighted by atomic mass is 79.9. The van der Waals surface area contributed by atoms with Gasteiger partial charge in [0.1, 0.15) is 11.3 Å². The SMILES string of the molecule is COC(=O)c1c(-c2ccc(C(F)(F)F)cc2Br)nn(-c2ccccc2)c1C(=O)OC. The molecule has 6 nitrogen and oxygen atoms in total. The van der Waals surface area contributed by atoms with Crippen LogP contribution in [-0.2, 0) is 15.7 Å². The van der Waals surface area contributed by atoms with E-state index >= 15 is 0 Å². The normalized spacial score (nSPS) is 11.3. The van der Waals surface area contributed by atoms with E-state index in [9.17, 15) is 22.8 Å². The number of ether oxygens (including phenoxy) is 2. The van der Waals surface area contributed by atoms with Gasteiger partial charge in [0.25, 0.3) is 0 Å². The van der Waals surface area contributed by atoms with Crippen molar-refractivity contribution in [1.82, 2.24) is 9.78 Å². The molecule has 0 aliphatic carbocycles. The van der Waals surface area contributed by atoms with Gasteiger partial charge >= 0.3 is 18.1 Å². The predicted molar refractivity (Wildman–Crippen MR) is 104 cm³/mol. The Balaban J connectivity index is 2.34. The van der Waals surface area contributed by atoms with Crippen molar-refractivity contribution in [2.45, 2.75) is 6.18 Å². The Morgan fingerprint density at radius 3 is 2.17 bits per heavy atom. The highest BCUT2D eigenvalue weighted by Gasteiger charge is 2.34. The number of esters is 2. The maximum atomic E-state index is 13.0. The van der Waals surface area contributed by atoms with Crippen LogP contribution in [0.25, 0.3) is 16.9 Å². The predicted octanol–water partition coefficient (Wildman–Crippen LogP) is 4.89. The molecule has 0 fully saturated rings. The van der Waals surface area contributed by atoms with Gasteiger partial charge < -0.3 is 9.47 Å². The molecule has 0 spiro atoms. The van der Waals surface area contributed by atoms with E-state index in [0.29, 0.717) is 5.69 Å². The molecule has 0 aliphatic rings. The summed E-state index contributed by atoms with van der Waals surface area (Å²) in [5, 5.41) is 4.35. The van der Waals surface area contributed by atoms with Crippen LogP contribution in [0.2, 0.25) is 0 Å². The van der Waals surface area contributed by atoms with E-state index in [2.05, 4.69) is 21.0 Å². The summed E-state index contributed by atoms with van der Waals surface area (Å²) in [6.45, 7) is 0. The molecule has 0 aliphatic heterocycles. The molecule has 2 aromatic carbocycles. The Morgan fingerprint density at radius 2 is 1.63 bits per heavy atom. The van der Waals surface area contributed by atoms with E-state index in [1.54, 1.807) is 30.3 Å². The standard InChI is InChI=1S/C20H14BrF3N2O4/c1-29-18(27)15-16(13-9-8-11(10-14(13)21)20(22,23)24)25-26(17(15)19(28)30-2)12-6-4-3-5-7-12/h3-10H,1-2H3. The molecule has 30 heavy (non-hydrogen) atoms. The van der Waals surface area contributed by atoms with Crippen LogP contribution in [0.3, 0.4) is 0 Å². The molecule has 0 unspecified atom stereocenters. The van der Waals surface area contributed by atoms with Gasteiger partial charge in [-0.05, 0) is 24.3 Å². The summed E-state index contributed by atoms with van der Waals surface area (Å²) >= 11 is 3.11. The molecule has 0 saturated carbocycles. The van der Waals surface area contributed by atoms with Crippen LogP contribution in [-0.4, -0.2) is 35.9 Å².